The highest BCUT2D eigenvalue weighted by Crippen LogP contribution is 2.41. The van der Waals surface area contributed by atoms with Crippen LogP contribution in [0.1, 0.15) is 33.5 Å². The number of carboxylic acids is 1. The summed E-state index contributed by atoms with van der Waals surface area (Å²) in [6.07, 6.45) is 0.257. The molecule has 8 heteroatoms. The molecule has 0 saturated carbocycles. The summed E-state index contributed by atoms with van der Waals surface area (Å²) < 4.78 is 40.0. The highest BCUT2D eigenvalue weighted by Gasteiger charge is 2.45. The molecule has 0 fully saturated rings. The van der Waals surface area contributed by atoms with E-state index in [9.17, 15) is 23.5 Å². The van der Waals surface area contributed by atoms with Crippen LogP contribution in [0.3, 0.4) is 0 Å². The molecule has 0 radical (unpaired) electrons. The van der Waals surface area contributed by atoms with Gasteiger partial charge in [-0.25, -0.2) is 0 Å². The topological polar surface area (TPSA) is 72.8 Å². The summed E-state index contributed by atoms with van der Waals surface area (Å²) in [5.74, 6) is -4.69. The van der Waals surface area contributed by atoms with Gasteiger partial charge in [0.1, 0.15) is 0 Å². The van der Waals surface area contributed by atoms with Crippen molar-refractivity contribution in [1.29, 1.82) is 0 Å². The molecule has 0 amide bonds. The van der Waals surface area contributed by atoms with E-state index < -0.39 is 29.7 Å². The Hall–Kier alpha value is -3.45. The third kappa shape index (κ3) is 5.15. The number of carbonyl (C=O) groups is 2. The second-order valence-electron chi connectivity index (χ2n) is 8.68. The molecule has 0 aliphatic heterocycles. The number of hydrogen-bond acceptors (Lipinski definition) is 4. The van der Waals surface area contributed by atoms with Gasteiger partial charge in [0.2, 0.25) is 0 Å². The van der Waals surface area contributed by atoms with Gasteiger partial charge in [0.15, 0.2) is 23.9 Å². The highest BCUT2D eigenvalue weighted by molar-refractivity contribution is 6.30. The molecular weight excluding hydrogens is 478 g/mol. The number of hydrogen-bond donors (Lipinski definition) is 1. The Morgan fingerprint density at radius 3 is 2.29 bits per heavy atom. The lowest BCUT2D eigenvalue weighted by Crippen LogP contribution is -2.34. The zero-order chi connectivity index (χ0) is 25.2. The number of carbonyl (C=O) groups excluding carboxylic acids is 1. The molecule has 3 aromatic carbocycles. The van der Waals surface area contributed by atoms with E-state index >= 15 is 0 Å². The normalized spacial score (nSPS) is 14.3. The van der Waals surface area contributed by atoms with Gasteiger partial charge in [0, 0.05) is 22.6 Å². The molecule has 0 unspecified atom stereocenters. The molecule has 4 rings (SSSR count). The average molecular weight is 501 g/mol. The zero-order valence-electron chi connectivity index (χ0n) is 18.9. The summed E-state index contributed by atoms with van der Waals surface area (Å²) in [7, 11) is 1.36. The van der Waals surface area contributed by atoms with Gasteiger partial charge in [-0.05, 0) is 54.3 Å². The van der Waals surface area contributed by atoms with Crippen LogP contribution >= 0.6 is 11.6 Å². The van der Waals surface area contributed by atoms with Crippen molar-refractivity contribution in [3.05, 3.63) is 94.0 Å². The van der Waals surface area contributed by atoms with E-state index in [1.165, 1.54) is 43.5 Å². The summed E-state index contributed by atoms with van der Waals surface area (Å²) in [4.78, 5) is 25.4. The van der Waals surface area contributed by atoms with Gasteiger partial charge in [0.05, 0.1) is 12.5 Å². The van der Waals surface area contributed by atoms with Gasteiger partial charge in [-0.1, -0.05) is 48.0 Å². The molecule has 0 saturated heterocycles. The van der Waals surface area contributed by atoms with Crippen LogP contribution < -0.4 is 9.47 Å². The van der Waals surface area contributed by atoms with E-state index in [0.29, 0.717) is 0 Å². The molecule has 5 nitrogen and oxygen atoms in total. The van der Waals surface area contributed by atoms with Crippen molar-refractivity contribution in [3.63, 3.8) is 0 Å². The predicted molar refractivity (Wildman–Crippen MR) is 127 cm³/mol. The largest absolute Gasteiger partial charge is 0.493 e. The molecule has 1 aliphatic rings. The first-order chi connectivity index (χ1) is 16.6. The number of benzene rings is 3. The molecule has 0 aromatic heterocycles. The summed E-state index contributed by atoms with van der Waals surface area (Å²) in [6, 6.07) is 17.0. The van der Waals surface area contributed by atoms with Crippen LogP contribution in [0.5, 0.6) is 11.5 Å². The molecule has 35 heavy (non-hydrogen) atoms. The van der Waals surface area contributed by atoms with Crippen molar-refractivity contribution in [2.45, 2.75) is 25.2 Å². The maximum atomic E-state index is 14.7. The van der Waals surface area contributed by atoms with Crippen LogP contribution in [0.2, 0.25) is 5.02 Å². The molecule has 3 aromatic rings. The number of aliphatic carboxylic acids is 1. The van der Waals surface area contributed by atoms with Crippen molar-refractivity contribution >= 4 is 23.4 Å². The predicted octanol–water partition coefficient (Wildman–Crippen LogP) is 5.96. The van der Waals surface area contributed by atoms with Crippen molar-refractivity contribution in [1.82, 2.24) is 0 Å². The van der Waals surface area contributed by atoms with Crippen LogP contribution in [0.15, 0.2) is 66.7 Å². The monoisotopic (exact) mass is 500 g/mol. The summed E-state index contributed by atoms with van der Waals surface area (Å²) in [5.41, 5.74) is 0.402. The van der Waals surface area contributed by atoms with Crippen LogP contribution in [-0.4, -0.2) is 30.6 Å². The van der Waals surface area contributed by atoms with E-state index in [-0.39, 0.29) is 46.9 Å². The van der Waals surface area contributed by atoms with Crippen molar-refractivity contribution in [3.8, 4) is 11.5 Å². The van der Waals surface area contributed by atoms with Crippen molar-refractivity contribution in [2.24, 2.45) is 5.41 Å². The van der Waals surface area contributed by atoms with Crippen LogP contribution in [-0.2, 0) is 23.6 Å². The lowest BCUT2D eigenvalue weighted by atomic mass is 9.79. The Morgan fingerprint density at radius 1 is 1.00 bits per heavy atom. The number of methoxy groups -OCH3 is 1. The van der Waals surface area contributed by atoms with Crippen LogP contribution in [0.4, 0.5) is 8.78 Å². The van der Waals surface area contributed by atoms with E-state index in [4.69, 9.17) is 21.1 Å². The minimum Gasteiger partial charge on any atom is -0.493 e. The number of alkyl halides is 2. The standard InChI is InChI=1S/C27H23ClF2O5/c1-34-23-10-9-17(11-24(23)35-16-27(29,30)20-7-4-8-21(28)12-20)22(31)15-26(25(32)33)13-18-5-2-3-6-19(18)14-26/h2-12H,13-16H2,1H3,(H,32,33). The Balaban J connectivity index is 1.54. The van der Waals surface area contributed by atoms with Gasteiger partial charge < -0.3 is 14.6 Å². The lowest BCUT2D eigenvalue weighted by molar-refractivity contribution is -0.148. The zero-order valence-corrected chi connectivity index (χ0v) is 19.6. The van der Waals surface area contributed by atoms with Gasteiger partial charge in [-0.3, -0.25) is 9.59 Å². The first-order valence-electron chi connectivity index (χ1n) is 10.9. The lowest BCUT2D eigenvalue weighted by Gasteiger charge is -2.23. The fourth-order valence-corrected chi connectivity index (χ4v) is 4.58. The smallest absolute Gasteiger partial charge is 0.310 e. The van der Waals surface area contributed by atoms with Gasteiger partial charge in [-0.2, -0.15) is 8.78 Å². The second kappa shape index (κ2) is 9.66. The maximum absolute atomic E-state index is 14.7. The fourth-order valence-electron chi connectivity index (χ4n) is 4.39. The van der Waals surface area contributed by atoms with Gasteiger partial charge in [0.25, 0.3) is 0 Å². The number of ether oxygens (including phenoxy) is 2. The number of ketones is 1. The first-order valence-corrected chi connectivity index (χ1v) is 11.3. The second-order valence-corrected chi connectivity index (χ2v) is 9.11. The molecule has 182 valence electrons. The maximum Gasteiger partial charge on any atom is 0.310 e. The summed E-state index contributed by atoms with van der Waals surface area (Å²) >= 11 is 5.83. The van der Waals surface area contributed by atoms with Crippen molar-refractivity contribution in [2.75, 3.05) is 13.7 Å². The molecule has 0 bridgehead atoms. The Labute approximate surface area is 206 Å². The number of rotatable bonds is 9. The Morgan fingerprint density at radius 2 is 1.69 bits per heavy atom. The molecule has 0 atom stereocenters. The third-order valence-electron chi connectivity index (χ3n) is 6.27. The van der Waals surface area contributed by atoms with E-state index in [2.05, 4.69) is 0 Å². The van der Waals surface area contributed by atoms with E-state index in [0.717, 1.165) is 17.2 Å². The molecule has 0 heterocycles. The summed E-state index contributed by atoms with van der Waals surface area (Å²) in [6.45, 7) is -1.00. The van der Waals surface area contributed by atoms with Gasteiger partial charge in [-0.15, -0.1) is 0 Å². The SMILES string of the molecule is COc1ccc(C(=O)CC2(C(=O)O)Cc3ccccc3C2)cc1OCC(F)(F)c1cccc(Cl)c1. The average Bonchev–Trinajstić information content (AvgIpc) is 3.22. The van der Waals surface area contributed by atoms with Gasteiger partial charge >= 0.3 is 11.9 Å². The highest BCUT2D eigenvalue weighted by atomic mass is 35.5. The minimum atomic E-state index is -3.35. The number of fused-ring (bicyclic) bond motifs is 1. The Bertz CT molecular complexity index is 1250. The molecular formula is C27H23ClF2O5. The van der Waals surface area contributed by atoms with Crippen LogP contribution in [0, 0.1) is 5.41 Å². The summed E-state index contributed by atoms with van der Waals surface area (Å²) in [5, 5.41) is 10.2. The van der Waals surface area contributed by atoms with Crippen LogP contribution in [0.25, 0.3) is 0 Å². The number of Topliss-reactive ketones (excluding diaryl/α,β-unsaturated/α-hetero) is 1. The molecule has 0 spiro atoms. The molecule has 1 N–H and O–H groups in total. The number of carboxylic acid groups (broad SMARTS) is 1. The minimum absolute atomic E-state index is 0.0425. The number of halogens is 3. The van der Waals surface area contributed by atoms with Crippen molar-refractivity contribution < 1.29 is 33.0 Å². The third-order valence-corrected chi connectivity index (χ3v) is 6.51. The fraction of sp³-hybridized carbons (Fsp3) is 0.259. The quantitative estimate of drug-likeness (QED) is 0.367. The van der Waals surface area contributed by atoms with E-state index in [1.54, 1.807) is 0 Å². The Kier molecular flexibility index (Phi) is 6.81. The van der Waals surface area contributed by atoms with E-state index in [1.807, 2.05) is 24.3 Å². The first kappa shape index (κ1) is 24.7. The molecule has 1 aliphatic carbocycles.